The first-order chi connectivity index (χ1) is 3.38. The fourth-order valence-electron chi connectivity index (χ4n) is 1.67. The van der Waals surface area contributed by atoms with Crippen LogP contribution in [-0.2, 0) is 0 Å². The summed E-state index contributed by atoms with van der Waals surface area (Å²) in [6.07, 6.45) is 3.78. The predicted molar refractivity (Wildman–Crippen MR) is 26.8 cm³/mol. The molecule has 2 aliphatic carbocycles. The van der Waals surface area contributed by atoms with E-state index in [0.29, 0.717) is 0 Å². The predicted octanol–water partition coefficient (Wildman–Crippen LogP) is 0.777. The molecule has 0 bridgehead atoms. The summed E-state index contributed by atoms with van der Waals surface area (Å²) in [6, 6.07) is 0. The van der Waals surface area contributed by atoms with Crippen molar-refractivity contribution in [2.45, 2.75) is 25.4 Å². The van der Waals surface area contributed by atoms with Crippen LogP contribution in [0.1, 0.15) is 19.3 Å². The molecule has 7 heavy (non-hydrogen) atoms. The molecule has 40 valence electrons. The van der Waals surface area contributed by atoms with Crippen LogP contribution in [0.3, 0.4) is 0 Å². The van der Waals surface area contributed by atoms with Gasteiger partial charge in [0.05, 0.1) is 6.10 Å². The first-order valence-electron chi connectivity index (χ1n) is 3.06. The number of rotatable bonds is 0. The molecule has 1 N–H and O–H groups in total. The first-order valence-corrected chi connectivity index (χ1v) is 3.06. The van der Waals surface area contributed by atoms with Crippen LogP contribution in [0.25, 0.3) is 0 Å². The van der Waals surface area contributed by atoms with E-state index in [-0.39, 0.29) is 6.10 Å². The Morgan fingerprint density at radius 3 is 2.29 bits per heavy atom. The SMILES string of the molecule is O[C@H]1CCC2C[C@@H]21. The molecule has 1 nitrogen and oxygen atoms in total. The smallest absolute Gasteiger partial charge is 0.0571 e. The van der Waals surface area contributed by atoms with Gasteiger partial charge in [-0.05, 0) is 31.1 Å². The van der Waals surface area contributed by atoms with E-state index in [0.717, 1.165) is 18.3 Å². The average Bonchev–Trinajstić information content (AvgIpc) is 2.33. The minimum atomic E-state index is 0.0880. The topological polar surface area (TPSA) is 20.2 Å². The monoisotopic (exact) mass is 98.1 g/mol. The standard InChI is InChI=1S/C6H10O/c7-6-2-1-4-3-5(4)6/h4-7H,1-3H2/t4?,5-,6-/m0/s1. The van der Waals surface area contributed by atoms with Crippen molar-refractivity contribution in [3.8, 4) is 0 Å². The quantitative estimate of drug-likeness (QED) is 0.474. The molecule has 0 aromatic carbocycles. The van der Waals surface area contributed by atoms with Crippen LogP contribution < -0.4 is 0 Å². The Kier molecular flexibility index (Phi) is 0.571. The van der Waals surface area contributed by atoms with Gasteiger partial charge >= 0.3 is 0 Å². The maximum atomic E-state index is 9.04. The number of fused-ring (bicyclic) bond motifs is 1. The van der Waals surface area contributed by atoms with E-state index in [2.05, 4.69) is 0 Å². The number of hydrogen-bond acceptors (Lipinski definition) is 1. The van der Waals surface area contributed by atoms with Crippen molar-refractivity contribution in [2.75, 3.05) is 0 Å². The molecule has 0 spiro atoms. The van der Waals surface area contributed by atoms with Gasteiger partial charge < -0.3 is 5.11 Å². The molecule has 2 rings (SSSR count). The Bertz CT molecular complexity index is 90.2. The summed E-state index contributed by atoms with van der Waals surface area (Å²) in [7, 11) is 0. The van der Waals surface area contributed by atoms with Crippen molar-refractivity contribution >= 4 is 0 Å². The molecule has 1 unspecified atom stereocenters. The summed E-state index contributed by atoms with van der Waals surface area (Å²) >= 11 is 0. The Balaban J connectivity index is 2.08. The van der Waals surface area contributed by atoms with Gasteiger partial charge in [0.25, 0.3) is 0 Å². The highest BCUT2D eigenvalue weighted by atomic mass is 16.3. The molecule has 0 radical (unpaired) electrons. The van der Waals surface area contributed by atoms with Crippen LogP contribution in [0.2, 0.25) is 0 Å². The second-order valence-electron chi connectivity index (χ2n) is 2.80. The van der Waals surface area contributed by atoms with Crippen molar-refractivity contribution in [1.29, 1.82) is 0 Å². The summed E-state index contributed by atoms with van der Waals surface area (Å²) in [5, 5.41) is 9.04. The van der Waals surface area contributed by atoms with Crippen molar-refractivity contribution in [3.63, 3.8) is 0 Å². The van der Waals surface area contributed by atoms with Gasteiger partial charge in [-0.2, -0.15) is 0 Å². The molecule has 0 heterocycles. The largest absolute Gasteiger partial charge is 0.393 e. The third-order valence-electron chi connectivity index (χ3n) is 2.30. The van der Waals surface area contributed by atoms with Gasteiger partial charge in [0.1, 0.15) is 0 Å². The minimum absolute atomic E-state index is 0.0880. The van der Waals surface area contributed by atoms with Crippen molar-refractivity contribution < 1.29 is 5.11 Å². The second kappa shape index (κ2) is 1.03. The lowest BCUT2D eigenvalue weighted by Crippen LogP contribution is -2.02. The van der Waals surface area contributed by atoms with Crippen molar-refractivity contribution in [2.24, 2.45) is 11.8 Å². The summed E-state index contributed by atoms with van der Waals surface area (Å²) in [5.74, 6) is 1.68. The fourth-order valence-corrected chi connectivity index (χ4v) is 1.67. The zero-order valence-corrected chi connectivity index (χ0v) is 4.30. The van der Waals surface area contributed by atoms with Gasteiger partial charge in [-0.3, -0.25) is 0 Å². The lowest BCUT2D eigenvalue weighted by atomic mass is 10.2. The van der Waals surface area contributed by atoms with Gasteiger partial charge in [0.2, 0.25) is 0 Å². The van der Waals surface area contributed by atoms with E-state index in [9.17, 15) is 0 Å². The summed E-state index contributed by atoms with van der Waals surface area (Å²) < 4.78 is 0. The summed E-state index contributed by atoms with van der Waals surface area (Å²) in [5.41, 5.74) is 0. The Morgan fingerprint density at radius 2 is 2.14 bits per heavy atom. The van der Waals surface area contributed by atoms with E-state index in [1.54, 1.807) is 0 Å². The lowest BCUT2D eigenvalue weighted by Gasteiger charge is -1.97. The van der Waals surface area contributed by atoms with Crippen molar-refractivity contribution in [1.82, 2.24) is 0 Å². The molecule has 1 heteroatoms. The average molecular weight is 98.1 g/mol. The van der Waals surface area contributed by atoms with Crippen LogP contribution in [0.15, 0.2) is 0 Å². The summed E-state index contributed by atoms with van der Waals surface area (Å²) in [4.78, 5) is 0. The van der Waals surface area contributed by atoms with Crippen LogP contribution in [0.5, 0.6) is 0 Å². The van der Waals surface area contributed by atoms with E-state index < -0.39 is 0 Å². The van der Waals surface area contributed by atoms with E-state index in [1.807, 2.05) is 0 Å². The maximum Gasteiger partial charge on any atom is 0.0571 e. The van der Waals surface area contributed by atoms with Gasteiger partial charge in [-0.1, -0.05) is 0 Å². The van der Waals surface area contributed by atoms with Crippen molar-refractivity contribution in [3.05, 3.63) is 0 Å². The van der Waals surface area contributed by atoms with E-state index in [4.69, 9.17) is 5.11 Å². The molecule has 0 aromatic rings. The maximum absolute atomic E-state index is 9.04. The first kappa shape index (κ1) is 3.90. The molecule has 0 aliphatic heterocycles. The zero-order valence-electron chi connectivity index (χ0n) is 4.30. The molecule has 3 atom stereocenters. The van der Waals surface area contributed by atoms with Gasteiger partial charge in [-0.15, -0.1) is 0 Å². The van der Waals surface area contributed by atoms with E-state index >= 15 is 0 Å². The Morgan fingerprint density at radius 1 is 1.29 bits per heavy atom. The molecule has 2 aliphatic rings. The third kappa shape index (κ3) is 0.418. The fraction of sp³-hybridized carbons (Fsp3) is 1.00. The van der Waals surface area contributed by atoms with Gasteiger partial charge in [-0.25, -0.2) is 0 Å². The Labute approximate surface area is 43.3 Å². The van der Waals surface area contributed by atoms with Crippen LogP contribution in [0.4, 0.5) is 0 Å². The molecular formula is C6H10O. The number of hydrogen-bond donors (Lipinski definition) is 1. The van der Waals surface area contributed by atoms with Crippen LogP contribution in [0, 0.1) is 11.8 Å². The zero-order chi connectivity index (χ0) is 4.85. The molecule has 0 saturated heterocycles. The van der Waals surface area contributed by atoms with Crippen LogP contribution in [-0.4, -0.2) is 11.2 Å². The van der Waals surface area contributed by atoms with E-state index in [1.165, 1.54) is 12.8 Å². The molecule has 2 fully saturated rings. The number of aliphatic hydroxyl groups excluding tert-OH is 1. The second-order valence-corrected chi connectivity index (χ2v) is 2.80. The minimum Gasteiger partial charge on any atom is -0.393 e. The molecule has 0 aromatic heterocycles. The van der Waals surface area contributed by atoms with Gasteiger partial charge in [0, 0.05) is 0 Å². The Hall–Kier alpha value is -0.0400. The molecule has 2 saturated carbocycles. The normalized spacial score (nSPS) is 57.0. The molecule has 0 amide bonds. The number of aliphatic hydroxyl groups is 1. The summed E-state index contributed by atoms with van der Waals surface area (Å²) in [6.45, 7) is 0. The molecular weight excluding hydrogens is 88.1 g/mol. The lowest BCUT2D eigenvalue weighted by molar-refractivity contribution is 0.159. The van der Waals surface area contributed by atoms with Gasteiger partial charge in [0.15, 0.2) is 0 Å². The highest BCUT2D eigenvalue weighted by Gasteiger charge is 2.47. The third-order valence-corrected chi connectivity index (χ3v) is 2.30. The highest BCUT2D eigenvalue weighted by molar-refractivity contribution is 4.97. The van der Waals surface area contributed by atoms with Crippen LogP contribution >= 0.6 is 0 Å². The highest BCUT2D eigenvalue weighted by Crippen LogP contribution is 2.51.